The summed E-state index contributed by atoms with van der Waals surface area (Å²) >= 11 is 0. The van der Waals surface area contributed by atoms with Gasteiger partial charge in [0.1, 0.15) is 17.0 Å². The van der Waals surface area contributed by atoms with Crippen molar-refractivity contribution in [3.05, 3.63) is 24.3 Å². The van der Waals surface area contributed by atoms with Crippen molar-refractivity contribution in [1.82, 2.24) is 5.01 Å². The number of anilines is 1. The van der Waals surface area contributed by atoms with E-state index in [1.165, 1.54) is 0 Å². The number of carbonyl (C=O) groups is 1. The van der Waals surface area contributed by atoms with Gasteiger partial charge in [0.25, 0.3) is 5.91 Å². The van der Waals surface area contributed by atoms with E-state index in [4.69, 9.17) is 0 Å². The van der Waals surface area contributed by atoms with Crippen molar-refractivity contribution in [2.75, 3.05) is 5.01 Å². The lowest BCUT2D eigenvalue weighted by molar-refractivity contribution is -0.190. The van der Waals surface area contributed by atoms with Crippen LogP contribution in [0.2, 0.25) is 0 Å². The number of amides is 1. The maximum absolute atomic E-state index is 13.0. The molecule has 0 spiro atoms. The summed E-state index contributed by atoms with van der Waals surface area (Å²) in [6.07, 6.45) is 4.78. The van der Waals surface area contributed by atoms with Gasteiger partial charge in [-0.25, -0.2) is 5.01 Å². The minimum absolute atomic E-state index is 0.125. The quantitative estimate of drug-likeness (QED) is 0.867. The number of para-hydroxylation sites is 2. The number of phenolic OH excluding ortho intramolecular Hbond substituents is 1. The lowest BCUT2D eigenvalue weighted by Gasteiger charge is -2.66. The van der Waals surface area contributed by atoms with Crippen LogP contribution in [-0.2, 0) is 4.79 Å². The van der Waals surface area contributed by atoms with Crippen LogP contribution in [0.3, 0.4) is 0 Å². The van der Waals surface area contributed by atoms with Gasteiger partial charge in [0.15, 0.2) is 0 Å². The van der Waals surface area contributed by atoms with E-state index in [1.807, 2.05) is 36.0 Å². The number of hydrazine groups is 1. The monoisotopic (exact) mass is 342 g/mol. The number of hydrogen-bond donors (Lipinski definition) is 2. The predicted molar refractivity (Wildman–Crippen MR) is 93.8 cm³/mol. The first-order valence-electron chi connectivity index (χ1n) is 9.44. The Bertz CT molecular complexity index is 730. The normalized spacial score (nSPS) is 41.2. The molecule has 4 bridgehead atoms. The summed E-state index contributed by atoms with van der Waals surface area (Å²) in [6.45, 7) is 3.84. The van der Waals surface area contributed by atoms with Crippen molar-refractivity contribution in [2.45, 2.75) is 63.1 Å². The highest BCUT2D eigenvalue weighted by Crippen LogP contribution is 2.59. The van der Waals surface area contributed by atoms with Crippen molar-refractivity contribution in [3.8, 4) is 5.75 Å². The number of benzene rings is 1. The highest BCUT2D eigenvalue weighted by atomic mass is 16.3. The summed E-state index contributed by atoms with van der Waals surface area (Å²) in [5.74, 6) is 1.67. The third-order valence-electron chi connectivity index (χ3n) is 7.06. The smallest absolute Gasteiger partial charge is 0.268 e. The van der Waals surface area contributed by atoms with Crippen molar-refractivity contribution in [3.63, 3.8) is 0 Å². The molecule has 25 heavy (non-hydrogen) atoms. The SMILES string of the molecule is CC1(C)C(=O)N(C2C3CC4CC2CC(O)(C4)C3)N1c1ccccc1O. The molecule has 1 amide bonds. The first-order valence-corrected chi connectivity index (χ1v) is 9.44. The Kier molecular flexibility index (Phi) is 2.91. The number of phenols is 1. The number of nitrogens with zero attached hydrogens (tertiary/aromatic N) is 2. The molecule has 2 N–H and O–H groups in total. The molecule has 1 aromatic rings. The van der Waals surface area contributed by atoms with Crippen molar-refractivity contribution < 1.29 is 15.0 Å². The van der Waals surface area contributed by atoms with Gasteiger partial charge in [0.05, 0.1) is 11.6 Å². The highest BCUT2D eigenvalue weighted by molar-refractivity contribution is 5.98. The predicted octanol–water partition coefficient (Wildman–Crippen LogP) is 2.67. The summed E-state index contributed by atoms with van der Waals surface area (Å²) < 4.78 is 0. The van der Waals surface area contributed by atoms with Crippen LogP contribution in [-0.4, -0.2) is 38.3 Å². The van der Waals surface area contributed by atoms with Crippen LogP contribution < -0.4 is 5.01 Å². The van der Waals surface area contributed by atoms with Gasteiger partial charge in [0, 0.05) is 0 Å². The van der Waals surface area contributed by atoms with Crippen LogP contribution in [0.5, 0.6) is 5.75 Å². The Hall–Kier alpha value is -1.75. The lowest BCUT2D eigenvalue weighted by Crippen LogP contribution is -2.80. The minimum atomic E-state index is -0.648. The van der Waals surface area contributed by atoms with E-state index >= 15 is 0 Å². The Morgan fingerprint density at radius 3 is 2.32 bits per heavy atom. The molecule has 2 unspecified atom stereocenters. The maximum Gasteiger partial charge on any atom is 0.268 e. The van der Waals surface area contributed by atoms with E-state index in [2.05, 4.69) is 0 Å². The molecule has 5 heteroatoms. The summed E-state index contributed by atoms with van der Waals surface area (Å²) in [6, 6.07) is 7.39. The summed E-state index contributed by atoms with van der Waals surface area (Å²) in [5.41, 5.74) is -0.458. The number of aliphatic hydroxyl groups is 1. The molecule has 134 valence electrons. The van der Waals surface area contributed by atoms with Crippen molar-refractivity contribution in [2.24, 2.45) is 17.8 Å². The zero-order valence-electron chi connectivity index (χ0n) is 14.9. The van der Waals surface area contributed by atoms with Gasteiger partial charge >= 0.3 is 0 Å². The van der Waals surface area contributed by atoms with E-state index in [0.717, 1.165) is 32.1 Å². The molecule has 0 radical (unpaired) electrons. The Morgan fingerprint density at radius 2 is 1.72 bits per heavy atom. The van der Waals surface area contributed by atoms with Gasteiger partial charge in [-0.05, 0) is 75.8 Å². The van der Waals surface area contributed by atoms with E-state index in [9.17, 15) is 15.0 Å². The average molecular weight is 342 g/mol. The molecule has 2 atom stereocenters. The Labute approximate surface area is 148 Å². The fourth-order valence-electron chi connectivity index (χ4n) is 6.37. The van der Waals surface area contributed by atoms with Gasteiger partial charge in [-0.2, -0.15) is 0 Å². The molecule has 6 rings (SSSR count). The van der Waals surface area contributed by atoms with Crippen LogP contribution in [0.1, 0.15) is 46.0 Å². The van der Waals surface area contributed by atoms with Crippen molar-refractivity contribution >= 4 is 11.6 Å². The van der Waals surface area contributed by atoms with Gasteiger partial charge < -0.3 is 10.2 Å². The van der Waals surface area contributed by atoms with Crippen molar-refractivity contribution in [1.29, 1.82) is 0 Å². The number of hydrogen-bond acceptors (Lipinski definition) is 4. The second-order valence-electron chi connectivity index (χ2n) is 9.19. The van der Waals surface area contributed by atoms with E-state index in [-0.39, 0.29) is 17.7 Å². The molecule has 1 aliphatic heterocycles. The molecular weight excluding hydrogens is 316 g/mol. The topological polar surface area (TPSA) is 64.0 Å². The maximum atomic E-state index is 13.0. The molecule has 1 saturated heterocycles. The zero-order chi connectivity index (χ0) is 17.6. The van der Waals surface area contributed by atoms with Crippen LogP contribution in [0, 0.1) is 17.8 Å². The largest absolute Gasteiger partial charge is 0.506 e. The molecule has 4 saturated carbocycles. The molecule has 4 aliphatic carbocycles. The fourth-order valence-corrected chi connectivity index (χ4v) is 6.37. The van der Waals surface area contributed by atoms with Gasteiger partial charge in [0.2, 0.25) is 0 Å². The lowest BCUT2D eigenvalue weighted by atomic mass is 9.52. The van der Waals surface area contributed by atoms with Crippen LogP contribution in [0.15, 0.2) is 24.3 Å². The van der Waals surface area contributed by atoms with Gasteiger partial charge in [-0.3, -0.25) is 9.80 Å². The summed E-state index contributed by atoms with van der Waals surface area (Å²) in [4.78, 5) is 13.0. The first kappa shape index (κ1) is 15.5. The van der Waals surface area contributed by atoms with Crippen LogP contribution in [0.25, 0.3) is 0 Å². The fraction of sp³-hybridized carbons (Fsp3) is 0.650. The molecular formula is C20H26N2O3. The second-order valence-corrected chi connectivity index (χ2v) is 9.19. The van der Waals surface area contributed by atoms with E-state index in [1.54, 1.807) is 12.1 Å². The third-order valence-corrected chi connectivity index (χ3v) is 7.06. The molecule has 5 fully saturated rings. The standard InChI is InChI=1S/C20H26N2O3/c1-19(2)18(24)21(22(19)15-5-3-4-6-16(15)23)17-13-7-12-8-14(17)11-20(25,9-12)10-13/h3-6,12-14,17,23,25H,7-11H2,1-2H3. The molecule has 1 heterocycles. The molecule has 0 aromatic heterocycles. The summed E-state index contributed by atoms with van der Waals surface area (Å²) in [7, 11) is 0. The van der Waals surface area contributed by atoms with Crippen LogP contribution in [0.4, 0.5) is 5.69 Å². The van der Waals surface area contributed by atoms with E-state index < -0.39 is 11.1 Å². The average Bonchev–Trinajstić information content (AvgIpc) is 2.53. The Balaban J connectivity index is 1.53. The number of rotatable bonds is 2. The van der Waals surface area contributed by atoms with Crippen LogP contribution >= 0.6 is 0 Å². The number of aromatic hydroxyl groups is 1. The zero-order valence-corrected chi connectivity index (χ0v) is 14.9. The highest BCUT2D eigenvalue weighted by Gasteiger charge is 2.63. The first-order chi connectivity index (χ1) is 11.8. The molecule has 5 nitrogen and oxygen atoms in total. The van der Waals surface area contributed by atoms with Gasteiger partial charge in [-0.1, -0.05) is 12.1 Å². The van der Waals surface area contributed by atoms with E-state index in [0.29, 0.717) is 23.4 Å². The van der Waals surface area contributed by atoms with Gasteiger partial charge in [-0.15, -0.1) is 0 Å². The summed E-state index contributed by atoms with van der Waals surface area (Å²) in [5, 5.41) is 25.1. The molecule has 5 aliphatic rings. The Morgan fingerprint density at radius 1 is 1.08 bits per heavy atom. The molecule has 1 aromatic carbocycles. The third kappa shape index (κ3) is 1.96. The second kappa shape index (κ2) is 4.70. The number of carbonyl (C=O) groups excluding carboxylic acids is 1. The minimum Gasteiger partial charge on any atom is -0.506 e.